The fourth-order valence-corrected chi connectivity index (χ4v) is 2.67. The number of hydrogen-bond donors (Lipinski definition) is 1. The van der Waals surface area contributed by atoms with Crippen molar-refractivity contribution in [2.45, 2.75) is 43.8 Å². The molecule has 1 aromatic rings. The third-order valence-electron chi connectivity index (χ3n) is 3.77. The van der Waals surface area contributed by atoms with Crippen LogP contribution in [0.1, 0.15) is 36.8 Å². The lowest BCUT2D eigenvalue weighted by atomic mass is 9.90. The van der Waals surface area contributed by atoms with Gasteiger partial charge >= 0.3 is 6.18 Å². The van der Waals surface area contributed by atoms with Crippen LogP contribution in [0.25, 0.3) is 0 Å². The number of aldehydes is 1. The van der Waals surface area contributed by atoms with Crippen molar-refractivity contribution in [2.24, 2.45) is 5.73 Å². The van der Waals surface area contributed by atoms with Crippen LogP contribution in [-0.4, -0.2) is 19.1 Å². The Bertz CT molecular complexity index is 516. The zero-order valence-electron chi connectivity index (χ0n) is 11.6. The van der Waals surface area contributed by atoms with Crippen LogP contribution >= 0.6 is 0 Å². The van der Waals surface area contributed by atoms with Crippen molar-refractivity contribution >= 4 is 6.29 Å². The second-order valence-corrected chi connectivity index (χ2v) is 5.41. The fourth-order valence-electron chi connectivity index (χ4n) is 2.67. The van der Waals surface area contributed by atoms with E-state index in [9.17, 15) is 18.0 Å². The zero-order valence-corrected chi connectivity index (χ0v) is 11.6. The number of carbonyl (C=O) groups is 1. The Hall–Kier alpha value is -1.56. The SMILES string of the molecule is N[C@]1(CC=O)CCc2cc(OCCCC(F)(F)F)ccc21. The predicted molar refractivity (Wildman–Crippen MR) is 72.1 cm³/mol. The summed E-state index contributed by atoms with van der Waals surface area (Å²) in [6.45, 7) is 0.0282. The summed E-state index contributed by atoms with van der Waals surface area (Å²) in [5, 5.41) is 0. The zero-order chi connectivity index (χ0) is 15.5. The Balaban J connectivity index is 1.95. The van der Waals surface area contributed by atoms with Crippen LogP contribution < -0.4 is 10.5 Å². The van der Waals surface area contributed by atoms with Crippen LogP contribution in [0.5, 0.6) is 5.75 Å². The monoisotopic (exact) mass is 301 g/mol. The average molecular weight is 301 g/mol. The first kappa shape index (κ1) is 15.8. The van der Waals surface area contributed by atoms with Crippen molar-refractivity contribution in [3.05, 3.63) is 29.3 Å². The number of carbonyl (C=O) groups excluding carboxylic acids is 1. The van der Waals surface area contributed by atoms with Gasteiger partial charge < -0.3 is 15.3 Å². The van der Waals surface area contributed by atoms with Gasteiger partial charge in [0.15, 0.2) is 0 Å². The quantitative estimate of drug-likeness (QED) is 0.649. The second-order valence-electron chi connectivity index (χ2n) is 5.41. The molecule has 116 valence electrons. The lowest BCUT2D eigenvalue weighted by molar-refractivity contribution is -0.136. The van der Waals surface area contributed by atoms with E-state index in [1.54, 1.807) is 6.07 Å². The number of fused-ring (bicyclic) bond motifs is 1. The number of nitrogens with two attached hydrogens (primary N) is 1. The number of benzene rings is 1. The van der Waals surface area contributed by atoms with Gasteiger partial charge in [-0.3, -0.25) is 0 Å². The van der Waals surface area contributed by atoms with Crippen LogP contribution in [0.4, 0.5) is 13.2 Å². The molecule has 2 rings (SSSR count). The molecular weight excluding hydrogens is 283 g/mol. The van der Waals surface area contributed by atoms with Gasteiger partial charge in [0, 0.05) is 18.4 Å². The van der Waals surface area contributed by atoms with E-state index >= 15 is 0 Å². The van der Waals surface area contributed by atoms with Crippen molar-refractivity contribution in [1.29, 1.82) is 0 Å². The molecule has 0 amide bonds. The van der Waals surface area contributed by atoms with Crippen molar-refractivity contribution in [2.75, 3.05) is 6.61 Å². The number of rotatable bonds is 6. The summed E-state index contributed by atoms with van der Waals surface area (Å²) in [4.78, 5) is 10.7. The lowest BCUT2D eigenvalue weighted by Gasteiger charge is -2.22. The van der Waals surface area contributed by atoms with Gasteiger partial charge in [0.25, 0.3) is 0 Å². The van der Waals surface area contributed by atoms with Gasteiger partial charge in [-0.25, -0.2) is 0 Å². The molecule has 0 spiro atoms. The Morgan fingerprint density at radius 2 is 2.14 bits per heavy atom. The van der Waals surface area contributed by atoms with Gasteiger partial charge in [0.2, 0.25) is 0 Å². The van der Waals surface area contributed by atoms with Crippen molar-refractivity contribution in [3.8, 4) is 5.75 Å². The smallest absolute Gasteiger partial charge is 0.389 e. The van der Waals surface area contributed by atoms with E-state index in [4.69, 9.17) is 10.5 Å². The lowest BCUT2D eigenvalue weighted by Crippen LogP contribution is -2.34. The molecule has 0 fully saturated rings. The third kappa shape index (κ3) is 3.97. The Morgan fingerprint density at radius 3 is 2.81 bits per heavy atom. The first-order valence-corrected chi connectivity index (χ1v) is 6.89. The molecule has 6 heteroatoms. The minimum atomic E-state index is -4.14. The van der Waals surface area contributed by atoms with Gasteiger partial charge in [-0.15, -0.1) is 0 Å². The van der Waals surface area contributed by atoms with E-state index in [2.05, 4.69) is 0 Å². The van der Waals surface area contributed by atoms with E-state index in [-0.39, 0.29) is 19.4 Å². The van der Waals surface area contributed by atoms with Crippen LogP contribution in [0.2, 0.25) is 0 Å². The number of halogens is 3. The van der Waals surface area contributed by atoms with Crippen LogP contribution in [0.15, 0.2) is 18.2 Å². The number of alkyl halides is 3. The van der Waals surface area contributed by atoms with Gasteiger partial charge in [0.1, 0.15) is 12.0 Å². The molecule has 0 saturated carbocycles. The maximum absolute atomic E-state index is 12.0. The third-order valence-corrected chi connectivity index (χ3v) is 3.77. The highest BCUT2D eigenvalue weighted by atomic mass is 19.4. The fraction of sp³-hybridized carbons (Fsp3) is 0.533. The molecule has 0 bridgehead atoms. The molecule has 0 heterocycles. The molecule has 1 aliphatic carbocycles. The topological polar surface area (TPSA) is 52.3 Å². The first-order chi connectivity index (χ1) is 9.84. The number of aryl methyl sites for hydroxylation is 1. The summed E-state index contributed by atoms with van der Waals surface area (Å²) >= 11 is 0. The van der Waals surface area contributed by atoms with Crippen LogP contribution in [0.3, 0.4) is 0 Å². The Morgan fingerprint density at radius 1 is 1.38 bits per heavy atom. The van der Waals surface area contributed by atoms with Crippen molar-refractivity contribution in [3.63, 3.8) is 0 Å². The molecular formula is C15H18F3NO2. The van der Waals surface area contributed by atoms with Crippen LogP contribution in [0, 0.1) is 0 Å². The number of ether oxygens (including phenoxy) is 1. The van der Waals surface area contributed by atoms with Gasteiger partial charge in [0.05, 0.1) is 6.61 Å². The predicted octanol–water partition coefficient (Wildman–Crippen LogP) is 3.10. The van der Waals surface area contributed by atoms with Gasteiger partial charge in [-0.2, -0.15) is 13.2 Å². The van der Waals surface area contributed by atoms with E-state index in [0.717, 1.165) is 23.8 Å². The van der Waals surface area contributed by atoms with E-state index in [0.29, 0.717) is 12.2 Å². The summed E-state index contributed by atoms with van der Waals surface area (Å²) in [7, 11) is 0. The molecule has 21 heavy (non-hydrogen) atoms. The highest BCUT2D eigenvalue weighted by Gasteiger charge is 2.34. The normalized spacial score (nSPS) is 21.1. The summed E-state index contributed by atoms with van der Waals surface area (Å²) in [6.07, 6.45) is -2.52. The highest BCUT2D eigenvalue weighted by Crippen LogP contribution is 2.38. The summed E-state index contributed by atoms with van der Waals surface area (Å²) in [5.74, 6) is 0.547. The maximum Gasteiger partial charge on any atom is 0.389 e. The molecule has 1 atom stereocenters. The maximum atomic E-state index is 12.0. The molecule has 2 N–H and O–H groups in total. The summed E-state index contributed by atoms with van der Waals surface area (Å²) in [5.41, 5.74) is 7.52. The van der Waals surface area contributed by atoms with E-state index < -0.39 is 18.1 Å². The van der Waals surface area contributed by atoms with Crippen molar-refractivity contribution < 1.29 is 22.7 Å². The van der Waals surface area contributed by atoms with E-state index in [1.807, 2.05) is 12.1 Å². The standard InChI is InChI=1S/C15H18F3NO2/c16-15(17,18)5-1-9-21-12-2-3-13-11(10-12)4-6-14(13,19)7-8-20/h2-3,8,10H,1,4-7,9,19H2/t14-/m0/s1. The number of hydrogen-bond acceptors (Lipinski definition) is 3. The molecule has 0 aromatic heterocycles. The first-order valence-electron chi connectivity index (χ1n) is 6.89. The molecule has 0 radical (unpaired) electrons. The summed E-state index contributed by atoms with van der Waals surface area (Å²) in [6, 6.07) is 5.32. The minimum Gasteiger partial charge on any atom is -0.494 e. The van der Waals surface area contributed by atoms with Crippen molar-refractivity contribution in [1.82, 2.24) is 0 Å². The minimum absolute atomic E-state index is 0.0282. The molecule has 0 aliphatic heterocycles. The molecule has 3 nitrogen and oxygen atoms in total. The second kappa shape index (κ2) is 6.05. The van der Waals surface area contributed by atoms with E-state index in [1.165, 1.54) is 0 Å². The average Bonchev–Trinajstić information content (AvgIpc) is 2.72. The molecule has 1 aliphatic rings. The molecule has 0 unspecified atom stereocenters. The molecule has 1 aromatic carbocycles. The Kier molecular flexibility index (Phi) is 4.56. The van der Waals surface area contributed by atoms with Crippen LogP contribution in [-0.2, 0) is 16.8 Å². The largest absolute Gasteiger partial charge is 0.494 e. The summed E-state index contributed by atoms with van der Waals surface area (Å²) < 4.78 is 41.4. The molecule has 0 saturated heterocycles. The van der Waals surface area contributed by atoms with Gasteiger partial charge in [-0.05, 0) is 42.5 Å². The highest BCUT2D eigenvalue weighted by molar-refractivity contribution is 5.56. The van der Waals surface area contributed by atoms with Gasteiger partial charge in [-0.1, -0.05) is 6.07 Å². The Labute approximate surface area is 121 Å².